The maximum atomic E-state index is 13.4. The van der Waals surface area contributed by atoms with Gasteiger partial charge in [-0.05, 0) is 71.8 Å². The van der Waals surface area contributed by atoms with Gasteiger partial charge in [-0.1, -0.05) is 36.4 Å². The van der Waals surface area contributed by atoms with Gasteiger partial charge in [0.05, 0.1) is 57.4 Å². The summed E-state index contributed by atoms with van der Waals surface area (Å²) in [6.45, 7) is 2.08. The Hall–Kier alpha value is -5.29. The average Bonchev–Trinajstić information content (AvgIpc) is 3.78. The molecule has 2 aliphatic rings. The first-order valence-electron chi connectivity index (χ1n) is 18.5. The SMILES string of the molecule is NCC(=O)c1ccc(CN(c2ccc(F)cc2)S(=O)(=O)N2CCOCC2)cc1.O=S(=O)(N1CCOCC1)N(Cc1ccc(-c2nnc(C(F)F)o2)cc1)c1ccc(F)cc1. The zero-order chi connectivity index (χ0) is 42.9. The van der Waals surface area contributed by atoms with E-state index in [4.69, 9.17) is 19.6 Å². The van der Waals surface area contributed by atoms with Crippen LogP contribution in [0.2, 0.25) is 0 Å². The van der Waals surface area contributed by atoms with Gasteiger partial charge in [-0.3, -0.25) is 13.4 Å². The van der Waals surface area contributed by atoms with Crippen molar-refractivity contribution in [1.29, 1.82) is 0 Å². The van der Waals surface area contributed by atoms with Gasteiger partial charge < -0.3 is 19.6 Å². The van der Waals surface area contributed by atoms with E-state index in [1.165, 1.54) is 65.8 Å². The minimum absolute atomic E-state index is 0.0300. The van der Waals surface area contributed by atoms with Crippen molar-refractivity contribution in [2.75, 3.05) is 67.8 Å². The number of anilines is 2. The molecular formula is C39H41F4N7O8S2. The molecule has 0 spiro atoms. The number of Topliss-reactive ketones (excluding diaryl/α,β-unsaturated/α-hetero) is 1. The molecule has 4 aromatic carbocycles. The van der Waals surface area contributed by atoms with Crippen LogP contribution in [-0.4, -0.2) is 101 Å². The highest BCUT2D eigenvalue weighted by atomic mass is 32.2. The molecule has 0 unspecified atom stereocenters. The lowest BCUT2D eigenvalue weighted by atomic mass is 10.1. The molecule has 0 bridgehead atoms. The molecule has 1 aromatic heterocycles. The van der Waals surface area contributed by atoms with Crippen LogP contribution in [0.3, 0.4) is 0 Å². The maximum absolute atomic E-state index is 13.4. The van der Waals surface area contributed by atoms with Crippen molar-refractivity contribution in [2.24, 2.45) is 5.73 Å². The fourth-order valence-electron chi connectivity index (χ4n) is 6.10. The third-order valence-electron chi connectivity index (χ3n) is 9.32. The van der Waals surface area contributed by atoms with Crippen molar-refractivity contribution in [2.45, 2.75) is 19.5 Å². The Balaban J connectivity index is 0.000000203. The Morgan fingerprint density at radius 1 is 0.650 bits per heavy atom. The van der Waals surface area contributed by atoms with E-state index >= 15 is 0 Å². The monoisotopic (exact) mass is 875 g/mol. The standard InChI is InChI=1S/C20H19F3N4O4S.C19H22FN3O4S/c21-16-5-7-17(8-6-16)27(32(28,29)26-9-11-30-12-10-26)13-14-1-3-15(4-2-14)19-24-25-20(31-19)18(22)23;20-17-5-7-18(8-6-17)23(28(25,26)22-9-11-27-12-10-22)14-15-1-3-16(4-2-15)19(24)13-21/h1-8,18H,9-13H2;1-8H,9-14,21H2. The molecule has 0 atom stereocenters. The highest BCUT2D eigenvalue weighted by Crippen LogP contribution is 2.28. The number of rotatable bonds is 14. The lowest BCUT2D eigenvalue weighted by molar-refractivity contribution is 0.0729. The number of carbonyl (C=O) groups excluding carboxylic acids is 1. The molecule has 7 rings (SSSR count). The predicted molar refractivity (Wildman–Crippen MR) is 212 cm³/mol. The van der Waals surface area contributed by atoms with Gasteiger partial charge in [0.1, 0.15) is 11.6 Å². The molecule has 2 fully saturated rings. The number of nitrogens with two attached hydrogens (primary N) is 1. The summed E-state index contributed by atoms with van der Waals surface area (Å²) in [4.78, 5) is 11.7. The van der Waals surface area contributed by atoms with Gasteiger partial charge in [0, 0.05) is 37.3 Å². The van der Waals surface area contributed by atoms with Crippen LogP contribution in [0.1, 0.15) is 33.8 Å². The van der Waals surface area contributed by atoms with Crippen LogP contribution < -0.4 is 14.3 Å². The maximum Gasteiger partial charge on any atom is 0.314 e. The minimum atomic E-state index is -3.92. The first kappa shape index (κ1) is 44.3. The number of nitrogens with zero attached hydrogens (tertiary/aromatic N) is 6. The van der Waals surface area contributed by atoms with Crippen LogP contribution in [0, 0.1) is 11.6 Å². The summed E-state index contributed by atoms with van der Waals surface area (Å²) in [5.74, 6) is -1.96. The van der Waals surface area contributed by atoms with Crippen molar-refractivity contribution in [3.05, 3.63) is 131 Å². The summed E-state index contributed by atoms with van der Waals surface area (Å²) in [5, 5.41) is 6.89. The van der Waals surface area contributed by atoms with Crippen molar-refractivity contribution in [1.82, 2.24) is 18.8 Å². The third-order valence-corrected chi connectivity index (χ3v) is 13.2. The van der Waals surface area contributed by atoms with E-state index in [-0.39, 0.29) is 70.7 Å². The molecule has 0 radical (unpaired) electrons. The van der Waals surface area contributed by atoms with Gasteiger partial charge in [-0.25, -0.2) is 8.78 Å². The van der Waals surface area contributed by atoms with E-state index in [0.29, 0.717) is 46.8 Å². The number of aromatic nitrogens is 2. The van der Waals surface area contributed by atoms with E-state index in [1.54, 1.807) is 48.5 Å². The normalized spacial score (nSPS) is 15.3. The minimum Gasteiger partial charge on any atom is -0.415 e. The summed E-state index contributed by atoms with van der Waals surface area (Å²) < 4.78 is 126. The first-order valence-corrected chi connectivity index (χ1v) is 21.3. The third kappa shape index (κ3) is 10.9. The molecule has 2 N–H and O–H groups in total. The fraction of sp³-hybridized carbons (Fsp3) is 0.308. The van der Waals surface area contributed by atoms with Crippen LogP contribution in [0.5, 0.6) is 0 Å². The zero-order valence-electron chi connectivity index (χ0n) is 31.9. The number of ether oxygens (including phenoxy) is 2. The predicted octanol–water partition coefficient (Wildman–Crippen LogP) is 4.95. The number of ketones is 1. The van der Waals surface area contributed by atoms with Crippen LogP contribution in [0.15, 0.2) is 101 Å². The molecular weight excluding hydrogens is 835 g/mol. The summed E-state index contributed by atoms with van der Waals surface area (Å²) in [6.07, 6.45) is -2.87. The van der Waals surface area contributed by atoms with E-state index in [2.05, 4.69) is 10.2 Å². The van der Waals surface area contributed by atoms with Crippen LogP contribution in [0.25, 0.3) is 11.5 Å². The van der Waals surface area contributed by atoms with E-state index in [0.717, 1.165) is 0 Å². The van der Waals surface area contributed by atoms with Gasteiger partial charge in [0.15, 0.2) is 5.78 Å². The number of carbonyl (C=O) groups is 1. The van der Waals surface area contributed by atoms with Crippen LogP contribution in [-0.2, 0) is 43.0 Å². The fourth-order valence-corrected chi connectivity index (χ4v) is 9.28. The largest absolute Gasteiger partial charge is 0.415 e. The van der Waals surface area contributed by atoms with Crippen LogP contribution in [0.4, 0.5) is 28.9 Å². The highest BCUT2D eigenvalue weighted by molar-refractivity contribution is 7.90. The lowest BCUT2D eigenvalue weighted by Gasteiger charge is -2.33. The molecule has 21 heteroatoms. The van der Waals surface area contributed by atoms with E-state index in [1.807, 2.05) is 0 Å². The number of hydrogen-bond donors (Lipinski definition) is 1. The second-order valence-electron chi connectivity index (χ2n) is 13.3. The Kier molecular flexibility index (Phi) is 14.6. The second-order valence-corrected chi connectivity index (χ2v) is 17.0. The summed E-state index contributed by atoms with van der Waals surface area (Å²) in [6, 6.07) is 23.5. The Morgan fingerprint density at radius 2 is 1.07 bits per heavy atom. The topological polar surface area (TPSA) is 182 Å². The molecule has 5 aromatic rings. The van der Waals surface area contributed by atoms with Gasteiger partial charge in [0.2, 0.25) is 5.89 Å². The number of hydrogen-bond acceptors (Lipinski definition) is 11. The summed E-state index contributed by atoms with van der Waals surface area (Å²) in [5.41, 5.74) is 8.22. The Bertz CT molecular complexity index is 2400. The Labute approximate surface area is 344 Å². The molecule has 2 saturated heterocycles. The molecule has 0 aliphatic carbocycles. The molecule has 60 heavy (non-hydrogen) atoms. The molecule has 15 nitrogen and oxygen atoms in total. The number of benzene rings is 4. The Morgan fingerprint density at radius 3 is 1.45 bits per heavy atom. The van der Waals surface area contributed by atoms with Crippen molar-refractivity contribution in [3.63, 3.8) is 0 Å². The lowest BCUT2D eigenvalue weighted by Crippen LogP contribution is -2.48. The number of alkyl halides is 2. The second kappa shape index (κ2) is 19.8. The van der Waals surface area contributed by atoms with E-state index in [9.17, 15) is 39.2 Å². The van der Waals surface area contributed by atoms with Crippen molar-refractivity contribution >= 4 is 37.6 Å². The van der Waals surface area contributed by atoms with Gasteiger partial charge in [-0.2, -0.15) is 34.2 Å². The quantitative estimate of drug-likeness (QED) is 0.118. The molecule has 0 saturated carbocycles. The van der Waals surface area contributed by atoms with E-state index < -0.39 is 44.4 Å². The first-order chi connectivity index (χ1) is 28.8. The molecule has 0 amide bonds. The summed E-state index contributed by atoms with van der Waals surface area (Å²) in [7, 11) is -7.76. The smallest absolute Gasteiger partial charge is 0.314 e. The number of morpholine rings is 2. The van der Waals surface area contributed by atoms with Crippen LogP contribution >= 0.6 is 0 Å². The van der Waals surface area contributed by atoms with Gasteiger partial charge >= 0.3 is 26.8 Å². The molecule has 320 valence electrons. The number of halogens is 4. The van der Waals surface area contributed by atoms with Gasteiger partial charge in [-0.15, -0.1) is 10.2 Å². The summed E-state index contributed by atoms with van der Waals surface area (Å²) >= 11 is 0. The highest BCUT2D eigenvalue weighted by Gasteiger charge is 2.33. The average molecular weight is 876 g/mol. The molecule has 3 heterocycles. The molecule has 2 aliphatic heterocycles. The zero-order valence-corrected chi connectivity index (χ0v) is 33.6. The van der Waals surface area contributed by atoms with Crippen molar-refractivity contribution < 1.29 is 53.1 Å². The van der Waals surface area contributed by atoms with Crippen molar-refractivity contribution in [3.8, 4) is 11.5 Å². The van der Waals surface area contributed by atoms with Gasteiger partial charge in [0.25, 0.3) is 5.89 Å².